The van der Waals surface area contributed by atoms with Gasteiger partial charge in [-0.05, 0) is 18.7 Å². The van der Waals surface area contributed by atoms with Crippen LogP contribution in [0.5, 0.6) is 0 Å². The number of nitrogens with one attached hydrogen (secondary N) is 1. The normalized spacial score (nSPS) is 15.1. The average molecular weight is 265 g/mol. The maximum Gasteiger partial charge on any atom is 0.321 e. The molecule has 1 aromatic rings. The fourth-order valence-corrected chi connectivity index (χ4v) is 1.97. The number of hydrogen-bond donors (Lipinski definition) is 1. The molecular weight excluding hydrogens is 237 g/mol. The summed E-state index contributed by atoms with van der Waals surface area (Å²) in [5.41, 5.74) is 0. The second kappa shape index (κ2) is 9.00. The smallest absolute Gasteiger partial charge is 0.321 e. The Morgan fingerprint density at radius 1 is 1.37 bits per heavy atom. The SMILES string of the molecule is CC.[B]C(C)(CCCC)C(CC)Nc1nc(C)no1. The van der Waals surface area contributed by atoms with E-state index in [9.17, 15) is 0 Å². The van der Waals surface area contributed by atoms with Crippen molar-refractivity contribution in [2.45, 2.75) is 78.6 Å². The summed E-state index contributed by atoms with van der Waals surface area (Å²) < 4.78 is 5.07. The highest BCUT2D eigenvalue weighted by Gasteiger charge is 2.28. The van der Waals surface area contributed by atoms with Gasteiger partial charge in [0, 0.05) is 6.04 Å². The summed E-state index contributed by atoms with van der Waals surface area (Å²) in [6.45, 7) is 12.2. The Labute approximate surface area is 119 Å². The molecule has 19 heavy (non-hydrogen) atoms. The molecule has 2 radical (unpaired) electrons. The van der Waals surface area contributed by atoms with E-state index in [0.717, 1.165) is 25.7 Å². The van der Waals surface area contributed by atoms with Gasteiger partial charge < -0.3 is 9.84 Å². The minimum Gasteiger partial charge on any atom is -0.335 e. The van der Waals surface area contributed by atoms with Gasteiger partial charge in [-0.2, -0.15) is 4.98 Å². The van der Waals surface area contributed by atoms with Crippen LogP contribution >= 0.6 is 0 Å². The van der Waals surface area contributed by atoms with E-state index in [2.05, 4.69) is 36.2 Å². The van der Waals surface area contributed by atoms with Crippen molar-refractivity contribution in [1.29, 1.82) is 0 Å². The van der Waals surface area contributed by atoms with Gasteiger partial charge in [-0.1, -0.05) is 59.0 Å². The quantitative estimate of drug-likeness (QED) is 0.753. The zero-order chi connectivity index (χ0) is 14.9. The van der Waals surface area contributed by atoms with E-state index in [1.807, 2.05) is 13.8 Å². The first-order chi connectivity index (χ1) is 8.99. The van der Waals surface area contributed by atoms with Crippen LogP contribution in [-0.4, -0.2) is 24.0 Å². The maximum absolute atomic E-state index is 6.36. The average Bonchev–Trinajstić information content (AvgIpc) is 2.81. The molecule has 2 atom stereocenters. The van der Waals surface area contributed by atoms with Crippen molar-refractivity contribution in [2.24, 2.45) is 0 Å². The van der Waals surface area contributed by atoms with Crippen LogP contribution < -0.4 is 5.32 Å². The Hall–Kier alpha value is -0.995. The molecule has 108 valence electrons. The monoisotopic (exact) mass is 265 g/mol. The number of aromatic nitrogens is 2. The maximum atomic E-state index is 6.36. The molecule has 5 heteroatoms. The van der Waals surface area contributed by atoms with Crippen molar-refractivity contribution in [3.05, 3.63) is 5.82 Å². The predicted octanol–water partition coefficient (Wildman–Crippen LogP) is 4.13. The molecule has 1 heterocycles. The zero-order valence-corrected chi connectivity index (χ0v) is 13.3. The highest BCUT2D eigenvalue weighted by Crippen LogP contribution is 2.35. The molecule has 2 unspecified atom stereocenters. The number of rotatable bonds is 7. The summed E-state index contributed by atoms with van der Waals surface area (Å²) in [6.07, 6.45) is 4.21. The Bertz CT molecular complexity index is 339. The van der Waals surface area contributed by atoms with Crippen LogP contribution in [0.3, 0.4) is 0 Å². The number of hydrogen-bond acceptors (Lipinski definition) is 4. The predicted molar refractivity (Wildman–Crippen MR) is 81.7 cm³/mol. The second-order valence-electron chi connectivity index (χ2n) is 4.86. The van der Waals surface area contributed by atoms with Gasteiger partial charge in [0.1, 0.15) is 0 Å². The Morgan fingerprint density at radius 3 is 2.42 bits per heavy atom. The van der Waals surface area contributed by atoms with Gasteiger partial charge in [0.05, 0.1) is 7.85 Å². The lowest BCUT2D eigenvalue weighted by atomic mass is 9.62. The van der Waals surface area contributed by atoms with Gasteiger partial charge in [0.15, 0.2) is 5.82 Å². The third kappa shape index (κ3) is 6.12. The molecule has 0 spiro atoms. The lowest BCUT2D eigenvalue weighted by Crippen LogP contribution is -2.33. The van der Waals surface area contributed by atoms with Crippen LogP contribution in [0.4, 0.5) is 6.01 Å². The molecule has 0 fully saturated rings. The molecule has 1 rings (SSSR count). The van der Waals surface area contributed by atoms with Crippen molar-refractivity contribution in [3.8, 4) is 0 Å². The molecule has 0 bridgehead atoms. The first-order valence-corrected chi connectivity index (χ1v) is 7.35. The summed E-state index contributed by atoms with van der Waals surface area (Å²) >= 11 is 0. The molecule has 1 aromatic heterocycles. The topological polar surface area (TPSA) is 51.0 Å². The highest BCUT2D eigenvalue weighted by molar-refractivity contribution is 6.15. The lowest BCUT2D eigenvalue weighted by Gasteiger charge is -2.34. The summed E-state index contributed by atoms with van der Waals surface area (Å²) in [6, 6.07) is 0.608. The molecule has 0 aliphatic carbocycles. The highest BCUT2D eigenvalue weighted by atomic mass is 16.5. The van der Waals surface area contributed by atoms with Crippen LogP contribution in [0.15, 0.2) is 4.52 Å². The van der Waals surface area contributed by atoms with Gasteiger partial charge in [0.25, 0.3) is 0 Å². The van der Waals surface area contributed by atoms with E-state index >= 15 is 0 Å². The molecule has 0 saturated carbocycles. The summed E-state index contributed by atoms with van der Waals surface area (Å²) in [5, 5.41) is 6.74. The molecular formula is C14H28BN3O. The molecule has 1 N–H and O–H groups in total. The van der Waals surface area contributed by atoms with Crippen molar-refractivity contribution >= 4 is 13.9 Å². The number of aryl methyl sites for hydroxylation is 1. The standard InChI is InChI=1S/C12H22BN3O.C2H6/c1-5-7-8-12(4,13)10(6-2)15-11-14-9(3)16-17-11;1-2/h10H,5-8H2,1-4H3,(H,14,15,16);1-2H3. The van der Waals surface area contributed by atoms with Crippen LogP contribution in [-0.2, 0) is 0 Å². The fourth-order valence-electron chi connectivity index (χ4n) is 1.97. The van der Waals surface area contributed by atoms with E-state index in [4.69, 9.17) is 12.4 Å². The molecule has 0 saturated heterocycles. The summed E-state index contributed by atoms with van der Waals surface area (Å²) in [7, 11) is 6.36. The van der Waals surface area contributed by atoms with Crippen molar-refractivity contribution in [2.75, 3.05) is 5.32 Å². The number of unbranched alkanes of at least 4 members (excludes halogenated alkanes) is 1. The minimum absolute atomic E-state index is 0.147. The second-order valence-corrected chi connectivity index (χ2v) is 4.86. The third-order valence-electron chi connectivity index (χ3n) is 3.10. The van der Waals surface area contributed by atoms with E-state index < -0.39 is 0 Å². The van der Waals surface area contributed by atoms with Gasteiger partial charge in [-0.25, -0.2) is 0 Å². The van der Waals surface area contributed by atoms with E-state index in [1.165, 1.54) is 0 Å². The van der Waals surface area contributed by atoms with E-state index in [-0.39, 0.29) is 11.4 Å². The van der Waals surface area contributed by atoms with E-state index in [1.54, 1.807) is 6.92 Å². The van der Waals surface area contributed by atoms with Crippen molar-refractivity contribution in [1.82, 2.24) is 10.1 Å². The van der Waals surface area contributed by atoms with Crippen molar-refractivity contribution < 1.29 is 4.52 Å². The van der Waals surface area contributed by atoms with Crippen molar-refractivity contribution in [3.63, 3.8) is 0 Å². The number of anilines is 1. The first kappa shape index (κ1) is 18.0. The van der Waals surface area contributed by atoms with Crippen LogP contribution in [0.25, 0.3) is 0 Å². The molecule has 0 aliphatic heterocycles. The first-order valence-electron chi connectivity index (χ1n) is 7.35. The molecule has 0 aliphatic rings. The summed E-state index contributed by atoms with van der Waals surface area (Å²) in [5.74, 6) is 0.634. The van der Waals surface area contributed by atoms with Crippen LogP contribution in [0, 0.1) is 6.92 Å². The molecule has 0 amide bonds. The van der Waals surface area contributed by atoms with Gasteiger partial charge in [-0.15, -0.1) is 0 Å². The zero-order valence-electron chi connectivity index (χ0n) is 13.3. The third-order valence-corrected chi connectivity index (χ3v) is 3.10. The van der Waals surface area contributed by atoms with Crippen LogP contribution in [0.2, 0.25) is 5.31 Å². The minimum atomic E-state index is -0.257. The Kier molecular flexibility index (Phi) is 8.52. The Morgan fingerprint density at radius 2 is 2.00 bits per heavy atom. The Balaban J connectivity index is 0.00000154. The molecule has 4 nitrogen and oxygen atoms in total. The van der Waals surface area contributed by atoms with Gasteiger partial charge >= 0.3 is 6.01 Å². The molecule has 0 aromatic carbocycles. The number of nitrogens with zero attached hydrogens (tertiary/aromatic N) is 2. The lowest BCUT2D eigenvalue weighted by molar-refractivity contribution is 0.398. The summed E-state index contributed by atoms with van der Waals surface area (Å²) in [4.78, 5) is 4.15. The van der Waals surface area contributed by atoms with Gasteiger partial charge in [0.2, 0.25) is 0 Å². The fraction of sp³-hybridized carbons (Fsp3) is 0.857. The van der Waals surface area contributed by atoms with E-state index in [0.29, 0.717) is 11.8 Å². The van der Waals surface area contributed by atoms with Crippen LogP contribution in [0.1, 0.15) is 66.1 Å². The van der Waals surface area contributed by atoms with Gasteiger partial charge in [-0.3, -0.25) is 0 Å². The largest absolute Gasteiger partial charge is 0.335 e.